The van der Waals surface area contributed by atoms with E-state index in [4.69, 9.17) is 14.2 Å². The predicted octanol–water partition coefficient (Wildman–Crippen LogP) is 3.55. The van der Waals surface area contributed by atoms with Crippen LogP contribution in [0.1, 0.15) is 50.7 Å². The molecule has 0 amide bonds. The number of likely N-dealkylation sites (N-methyl/N-ethyl adjacent to an activating group) is 1. The van der Waals surface area contributed by atoms with Gasteiger partial charge in [0.1, 0.15) is 11.0 Å². The zero-order valence-electron chi connectivity index (χ0n) is 21.1. The molecule has 1 spiro atoms. The van der Waals surface area contributed by atoms with Crippen LogP contribution in [0.4, 0.5) is 0 Å². The first-order valence-corrected chi connectivity index (χ1v) is 13.5. The van der Waals surface area contributed by atoms with Crippen molar-refractivity contribution in [2.45, 2.75) is 68.8 Å². The van der Waals surface area contributed by atoms with E-state index in [1.54, 1.807) is 21.0 Å². The summed E-state index contributed by atoms with van der Waals surface area (Å²) in [5.41, 5.74) is 2.22. The third-order valence-corrected chi connectivity index (χ3v) is 9.77. The Balaban J connectivity index is 1.34. The van der Waals surface area contributed by atoms with Crippen molar-refractivity contribution in [2.24, 2.45) is 11.8 Å². The number of benzene rings is 1. The normalized spacial score (nSPS) is 28.6. The highest BCUT2D eigenvalue weighted by molar-refractivity contribution is 8.14. The summed E-state index contributed by atoms with van der Waals surface area (Å²) in [5, 5.41) is 8.17. The second-order valence-corrected chi connectivity index (χ2v) is 11.8. The third kappa shape index (κ3) is 3.91. The van der Waals surface area contributed by atoms with Gasteiger partial charge >= 0.3 is 11.9 Å². The Morgan fingerprint density at radius 3 is 2.75 bits per heavy atom. The number of hydrogen-bond acceptors (Lipinski definition) is 8. The number of thioether (sulfide) groups is 1. The Morgan fingerprint density at radius 1 is 1.28 bits per heavy atom. The molecule has 2 aliphatic heterocycles. The average Bonchev–Trinajstić information content (AvgIpc) is 3.19. The molecule has 2 bridgehead atoms. The number of carbonyl (C=O) groups is 3. The SMILES string of the molecule is COc1ccc2c3c1OC1C(OC(=O)CCC(=O)SC(C(=O)O)C(C)C)=CCC4C(C2)N(C)CCC314. The quantitative estimate of drug-likeness (QED) is 0.521. The molecule has 1 N–H and O–H groups in total. The Hall–Kier alpha value is -2.52. The van der Waals surface area contributed by atoms with E-state index in [1.807, 2.05) is 12.1 Å². The van der Waals surface area contributed by atoms with Gasteiger partial charge in [-0.3, -0.25) is 14.4 Å². The Labute approximate surface area is 215 Å². The summed E-state index contributed by atoms with van der Waals surface area (Å²) in [6.45, 7) is 4.45. The number of hydrogen-bond donors (Lipinski definition) is 1. The highest BCUT2D eigenvalue weighted by Gasteiger charge is 2.64. The van der Waals surface area contributed by atoms with Gasteiger partial charge in [-0.1, -0.05) is 31.7 Å². The summed E-state index contributed by atoms with van der Waals surface area (Å²) < 4.78 is 18.0. The molecular formula is C27H33NO7S. The number of likely N-dealkylation sites (tertiary alicyclic amines) is 1. The number of carboxylic acids is 1. The monoisotopic (exact) mass is 515 g/mol. The molecule has 5 rings (SSSR count). The van der Waals surface area contributed by atoms with E-state index < -0.39 is 23.3 Å². The first kappa shape index (κ1) is 25.1. The predicted molar refractivity (Wildman–Crippen MR) is 134 cm³/mol. The number of ether oxygens (including phenoxy) is 3. The minimum absolute atomic E-state index is 0.0718. The van der Waals surface area contributed by atoms with Gasteiger partial charge in [-0.05, 0) is 62.4 Å². The van der Waals surface area contributed by atoms with Gasteiger partial charge in [-0.25, -0.2) is 0 Å². The van der Waals surface area contributed by atoms with E-state index in [0.717, 1.165) is 43.3 Å². The fourth-order valence-electron chi connectivity index (χ4n) is 6.62. The summed E-state index contributed by atoms with van der Waals surface area (Å²) in [7, 11) is 3.82. The maximum atomic E-state index is 12.8. The van der Waals surface area contributed by atoms with Crippen LogP contribution in [0, 0.1) is 11.8 Å². The molecule has 1 aromatic rings. The smallest absolute Gasteiger partial charge is 0.317 e. The number of aliphatic carboxylic acids is 1. The Morgan fingerprint density at radius 2 is 2.06 bits per heavy atom. The van der Waals surface area contributed by atoms with Gasteiger partial charge in [0.2, 0.25) is 0 Å². The molecule has 2 aliphatic carbocycles. The van der Waals surface area contributed by atoms with Crippen molar-refractivity contribution < 1.29 is 33.7 Å². The molecular weight excluding hydrogens is 482 g/mol. The summed E-state index contributed by atoms with van der Waals surface area (Å²) in [4.78, 5) is 39.0. The van der Waals surface area contributed by atoms with Gasteiger partial charge in [0.05, 0.1) is 13.5 Å². The van der Waals surface area contributed by atoms with Crippen molar-refractivity contribution in [3.63, 3.8) is 0 Å². The molecule has 5 unspecified atom stereocenters. The number of esters is 1. The van der Waals surface area contributed by atoms with E-state index in [9.17, 15) is 19.5 Å². The largest absolute Gasteiger partial charge is 0.493 e. The molecule has 0 saturated carbocycles. The zero-order valence-corrected chi connectivity index (χ0v) is 21.9. The number of allylic oxidation sites excluding steroid dienone is 1. The number of nitrogens with zero attached hydrogens (tertiary/aromatic N) is 1. The number of carboxylic acid groups (broad SMARTS) is 1. The lowest BCUT2D eigenvalue weighted by atomic mass is 9.53. The lowest BCUT2D eigenvalue weighted by Crippen LogP contribution is -2.63. The Bertz CT molecular complexity index is 1130. The first-order valence-electron chi connectivity index (χ1n) is 12.6. The molecule has 1 fully saturated rings. The van der Waals surface area contributed by atoms with Gasteiger partial charge in [-0.2, -0.15) is 0 Å². The standard InChI is InChI=1S/C27H33NO7S/c1-14(2)24(26(31)32)36-21(30)10-9-20(29)34-19-8-6-16-17-13-15-5-7-18(33-4)23-22(15)27(16,25(19)35-23)11-12-28(17)3/h5,7-8,14,16-17,24-25H,6,9-13H2,1-4H3,(H,31,32). The van der Waals surface area contributed by atoms with Crippen LogP contribution in [0.15, 0.2) is 24.0 Å². The zero-order chi connectivity index (χ0) is 25.8. The number of piperidine rings is 1. The highest BCUT2D eigenvalue weighted by atomic mass is 32.2. The summed E-state index contributed by atoms with van der Waals surface area (Å²) in [6.07, 6.45) is 4.04. The number of methoxy groups -OCH3 is 1. The van der Waals surface area contributed by atoms with Crippen molar-refractivity contribution in [1.82, 2.24) is 4.90 Å². The molecule has 2 heterocycles. The van der Waals surface area contributed by atoms with E-state index in [-0.39, 0.29) is 29.3 Å². The molecule has 9 heteroatoms. The molecule has 0 aromatic heterocycles. The van der Waals surface area contributed by atoms with Crippen molar-refractivity contribution >= 4 is 28.8 Å². The molecule has 4 aliphatic rings. The van der Waals surface area contributed by atoms with Gasteiger partial charge in [-0.15, -0.1) is 0 Å². The van der Waals surface area contributed by atoms with Crippen LogP contribution in [0.25, 0.3) is 0 Å². The second-order valence-electron chi connectivity index (χ2n) is 10.6. The topological polar surface area (TPSA) is 102 Å². The van der Waals surface area contributed by atoms with Crippen LogP contribution in [0.2, 0.25) is 0 Å². The minimum atomic E-state index is -1.02. The van der Waals surface area contributed by atoms with Crippen molar-refractivity contribution in [1.29, 1.82) is 0 Å². The first-order chi connectivity index (χ1) is 17.2. The van der Waals surface area contributed by atoms with E-state index >= 15 is 0 Å². The lowest BCUT2D eigenvalue weighted by molar-refractivity contribution is -0.143. The van der Waals surface area contributed by atoms with Crippen LogP contribution in [0.3, 0.4) is 0 Å². The van der Waals surface area contributed by atoms with E-state index in [1.165, 1.54) is 11.1 Å². The van der Waals surface area contributed by atoms with Crippen LogP contribution in [0.5, 0.6) is 11.5 Å². The fraction of sp³-hybridized carbons (Fsp3) is 0.593. The Kier molecular flexibility index (Phi) is 6.57. The van der Waals surface area contributed by atoms with Crippen molar-refractivity contribution in [2.75, 3.05) is 20.7 Å². The van der Waals surface area contributed by atoms with Crippen molar-refractivity contribution in [3.8, 4) is 11.5 Å². The van der Waals surface area contributed by atoms with Gasteiger partial charge in [0, 0.05) is 23.4 Å². The van der Waals surface area contributed by atoms with Crippen LogP contribution in [-0.4, -0.2) is 65.2 Å². The molecule has 0 radical (unpaired) electrons. The third-order valence-electron chi connectivity index (χ3n) is 8.30. The van der Waals surface area contributed by atoms with Gasteiger partial charge in [0.25, 0.3) is 0 Å². The molecule has 36 heavy (non-hydrogen) atoms. The molecule has 5 atom stereocenters. The summed E-state index contributed by atoms with van der Waals surface area (Å²) >= 11 is 0.777. The van der Waals surface area contributed by atoms with E-state index in [2.05, 4.69) is 18.0 Å². The molecule has 1 aromatic carbocycles. The highest BCUT2D eigenvalue weighted by Crippen LogP contribution is 2.63. The fourth-order valence-corrected chi connectivity index (χ4v) is 7.50. The molecule has 194 valence electrons. The minimum Gasteiger partial charge on any atom is -0.493 e. The number of rotatable bonds is 8. The maximum absolute atomic E-state index is 12.8. The van der Waals surface area contributed by atoms with E-state index in [0.29, 0.717) is 23.5 Å². The van der Waals surface area contributed by atoms with Gasteiger partial charge in [0.15, 0.2) is 22.7 Å². The maximum Gasteiger partial charge on any atom is 0.317 e. The molecule has 8 nitrogen and oxygen atoms in total. The van der Waals surface area contributed by atoms with Crippen molar-refractivity contribution in [3.05, 3.63) is 35.1 Å². The van der Waals surface area contributed by atoms with Crippen LogP contribution >= 0.6 is 11.8 Å². The molecule has 1 saturated heterocycles. The average molecular weight is 516 g/mol. The van der Waals surface area contributed by atoms with Crippen LogP contribution < -0.4 is 9.47 Å². The number of carbonyl (C=O) groups excluding carboxylic acids is 2. The lowest BCUT2D eigenvalue weighted by Gasteiger charge is -2.56. The summed E-state index contributed by atoms with van der Waals surface area (Å²) in [5.74, 6) is 0.594. The van der Waals surface area contributed by atoms with Crippen LogP contribution in [-0.2, 0) is 31.0 Å². The van der Waals surface area contributed by atoms with Gasteiger partial charge < -0.3 is 24.2 Å². The summed E-state index contributed by atoms with van der Waals surface area (Å²) in [6, 6.07) is 4.49. The second kappa shape index (κ2) is 9.41.